The first-order valence-corrected chi connectivity index (χ1v) is 11.3. The Morgan fingerprint density at radius 2 is 1.77 bits per heavy atom. The van der Waals surface area contributed by atoms with Crippen LogP contribution in [0.3, 0.4) is 0 Å². The number of carbonyl (C=O) groups excluding carboxylic acids is 2. The summed E-state index contributed by atoms with van der Waals surface area (Å²) in [5.74, 6) is 0.385. The van der Waals surface area contributed by atoms with Crippen LogP contribution in [0.2, 0.25) is 0 Å². The van der Waals surface area contributed by atoms with E-state index in [1.165, 1.54) is 6.42 Å². The fourth-order valence-electron chi connectivity index (χ4n) is 4.18. The minimum Gasteiger partial charge on any atom is -0.491 e. The van der Waals surface area contributed by atoms with Gasteiger partial charge in [0.05, 0.1) is 18.8 Å². The number of methoxy groups -OCH3 is 1. The molecule has 172 valence electrons. The van der Waals surface area contributed by atoms with Crippen LogP contribution in [-0.2, 0) is 4.74 Å². The van der Waals surface area contributed by atoms with E-state index in [1.807, 2.05) is 0 Å². The quantitative estimate of drug-likeness (QED) is 0.573. The molecule has 1 aliphatic heterocycles. The molecule has 2 fully saturated rings. The molecule has 0 spiro atoms. The highest BCUT2D eigenvalue weighted by molar-refractivity contribution is 5.94. The lowest BCUT2D eigenvalue weighted by Gasteiger charge is -2.30. The third-order valence-corrected chi connectivity index (χ3v) is 6.02. The number of nitrogens with one attached hydrogen (secondary N) is 2. The third kappa shape index (κ3) is 7.11. The van der Waals surface area contributed by atoms with Crippen LogP contribution in [-0.4, -0.2) is 73.5 Å². The second-order valence-corrected chi connectivity index (χ2v) is 8.39. The maximum atomic E-state index is 12.8. The minimum absolute atomic E-state index is 0.0993. The van der Waals surface area contributed by atoms with E-state index in [0.29, 0.717) is 50.5 Å². The van der Waals surface area contributed by atoms with E-state index in [4.69, 9.17) is 9.47 Å². The molecule has 0 unspecified atom stereocenters. The van der Waals surface area contributed by atoms with E-state index in [2.05, 4.69) is 10.6 Å². The predicted molar refractivity (Wildman–Crippen MR) is 117 cm³/mol. The second-order valence-electron chi connectivity index (χ2n) is 8.39. The zero-order chi connectivity index (χ0) is 22.1. The highest BCUT2D eigenvalue weighted by Gasteiger charge is 2.30. The third-order valence-electron chi connectivity index (χ3n) is 6.02. The van der Waals surface area contributed by atoms with Gasteiger partial charge in [-0.05, 0) is 49.9 Å². The summed E-state index contributed by atoms with van der Waals surface area (Å²) in [4.78, 5) is 27.2. The number of nitrogens with zero attached hydrogens (tertiary/aromatic N) is 1. The number of amides is 3. The molecule has 2 aliphatic rings. The average molecular weight is 434 g/mol. The summed E-state index contributed by atoms with van der Waals surface area (Å²) >= 11 is 0. The summed E-state index contributed by atoms with van der Waals surface area (Å²) in [5, 5.41) is 16.6. The van der Waals surface area contributed by atoms with E-state index in [-0.39, 0.29) is 18.0 Å². The van der Waals surface area contributed by atoms with Gasteiger partial charge < -0.3 is 30.1 Å². The molecule has 1 heterocycles. The summed E-state index contributed by atoms with van der Waals surface area (Å²) in [7, 11) is 1.61. The summed E-state index contributed by atoms with van der Waals surface area (Å²) in [5.41, 5.74) is 0.480. The molecular weight excluding hydrogens is 398 g/mol. The van der Waals surface area contributed by atoms with Crippen molar-refractivity contribution in [2.45, 2.75) is 63.1 Å². The monoisotopic (exact) mass is 433 g/mol. The Bertz CT molecular complexity index is 706. The van der Waals surface area contributed by atoms with Gasteiger partial charge in [-0.2, -0.15) is 0 Å². The van der Waals surface area contributed by atoms with Crippen molar-refractivity contribution < 1.29 is 24.2 Å². The SMILES string of the molecule is COCCOc1ccc(C(=O)N[C@H]2CN(C(=O)NC3CCCCC3)CCC[C@H]2O)cc1. The van der Waals surface area contributed by atoms with E-state index in [1.54, 1.807) is 36.3 Å². The predicted octanol–water partition coefficient (Wildman–Crippen LogP) is 2.31. The zero-order valence-corrected chi connectivity index (χ0v) is 18.3. The number of carbonyl (C=O) groups is 2. The van der Waals surface area contributed by atoms with Crippen LogP contribution in [0.15, 0.2) is 24.3 Å². The van der Waals surface area contributed by atoms with Gasteiger partial charge in [-0.1, -0.05) is 19.3 Å². The Morgan fingerprint density at radius 1 is 1.03 bits per heavy atom. The van der Waals surface area contributed by atoms with Crippen molar-refractivity contribution in [2.24, 2.45) is 0 Å². The Balaban J connectivity index is 1.55. The molecule has 3 rings (SSSR count). The molecule has 1 aromatic carbocycles. The number of aliphatic hydroxyl groups excluding tert-OH is 1. The van der Waals surface area contributed by atoms with Crippen molar-refractivity contribution in [2.75, 3.05) is 33.4 Å². The summed E-state index contributed by atoms with van der Waals surface area (Å²) in [6.45, 7) is 1.81. The molecule has 0 bridgehead atoms. The van der Waals surface area contributed by atoms with Crippen LogP contribution in [0.4, 0.5) is 4.79 Å². The van der Waals surface area contributed by atoms with Crippen molar-refractivity contribution in [1.29, 1.82) is 0 Å². The van der Waals surface area contributed by atoms with Crippen molar-refractivity contribution in [3.8, 4) is 5.75 Å². The molecule has 31 heavy (non-hydrogen) atoms. The molecule has 0 aromatic heterocycles. The van der Waals surface area contributed by atoms with E-state index >= 15 is 0 Å². The number of urea groups is 1. The van der Waals surface area contributed by atoms with Gasteiger partial charge in [0.15, 0.2) is 0 Å². The molecular formula is C23H35N3O5. The number of hydrogen-bond donors (Lipinski definition) is 3. The zero-order valence-electron chi connectivity index (χ0n) is 18.3. The largest absolute Gasteiger partial charge is 0.491 e. The molecule has 8 nitrogen and oxygen atoms in total. The molecule has 8 heteroatoms. The fourth-order valence-corrected chi connectivity index (χ4v) is 4.18. The number of aliphatic hydroxyl groups is 1. The first-order chi connectivity index (χ1) is 15.1. The molecule has 1 aromatic rings. The Morgan fingerprint density at radius 3 is 2.48 bits per heavy atom. The highest BCUT2D eigenvalue weighted by Crippen LogP contribution is 2.19. The average Bonchev–Trinajstić information content (AvgIpc) is 2.96. The normalized spacial score (nSPS) is 22.5. The fraction of sp³-hybridized carbons (Fsp3) is 0.652. The van der Waals surface area contributed by atoms with Crippen LogP contribution >= 0.6 is 0 Å². The lowest BCUT2D eigenvalue weighted by Crippen LogP contribution is -2.53. The van der Waals surface area contributed by atoms with Gasteiger partial charge in [-0.3, -0.25) is 4.79 Å². The summed E-state index contributed by atoms with van der Waals surface area (Å²) in [6.07, 6.45) is 6.14. The molecule has 2 atom stereocenters. The van der Waals surface area contributed by atoms with E-state index in [0.717, 1.165) is 25.7 Å². The molecule has 0 radical (unpaired) electrons. The molecule has 3 amide bonds. The highest BCUT2D eigenvalue weighted by atomic mass is 16.5. The molecule has 1 aliphatic carbocycles. The van der Waals surface area contributed by atoms with Crippen molar-refractivity contribution in [3.63, 3.8) is 0 Å². The van der Waals surface area contributed by atoms with Crippen LogP contribution in [0.5, 0.6) is 5.75 Å². The van der Waals surface area contributed by atoms with Gasteiger partial charge in [0.1, 0.15) is 12.4 Å². The smallest absolute Gasteiger partial charge is 0.317 e. The molecule has 1 saturated heterocycles. The minimum atomic E-state index is -0.687. The van der Waals surface area contributed by atoms with Crippen LogP contribution in [0, 0.1) is 0 Å². The number of likely N-dealkylation sites (tertiary alicyclic amines) is 1. The number of benzene rings is 1. The van der Waals surface area contributed by atoms with Gasteiger partial charge in [0.2, 0.25) is 0 Å². The van der Waals surface area contributed by atoms with Gasteiger partial charge in [0, 0.05) is 31.8 Å². The molecule has 3 N–H and O–H groups in total. The van der Waals surface area contributed by atoms with Crippen molar-refractivity contribution >= 4 is 11.9 Å². The number of rotatable bonds is 7. The first-order valence-electron chi connectivity index (χ1n) is 11.3. The van der Waals surface area contributed by atoms with E-state index in [9.17, 15) is 14.7 Å². The van der Waals surface area contributed by atoms with Crippen molar-refractivity contribution in [3.05, 3.63) is 29.8 Å². The van der Waals surface area contributed by atoms with E-state index < -0.39 is 12.1 Å². The standard InChI is InChI=1S/C23H35N3O5/c1-30-14-15-31-19-11-9-17(10-12-19)22(28)25-20-16-26(13-5-8-21(20)27)23(29)24-18-6-3-2-4-7-18/h9-12,18,20-21,27H,2-8,13-16H2,1H3,(H,24,29)(H,25,28)/t20-,21+/m0/s1. The number of hydrogen-bond acceptors (Lipinski definition) is 5. The summed E-state index contributed by atoms with van der Waals surface area (Å²) < 4.78 is 10.5. The van der Waals surface area contributed by atoms with Gasteiger partial charge in [-0.15, -0.1) is 0 Å². The number of ether oxygens (including phenoxy) is 2. The van der Waals surface area contributed by atoms with Crippen LogP contribution < -0.4 is 15.4 Å². The van der Waals surface area contributed by atoms with Gasteiger partial charge in [0.25, 0.3) is 5.91 Å². The second kappa shape index (κ2) is 11.9. The van der Waals surface area contributed by atoms with Crippen molar-refractivity contribution in [1.82, 2.24) is 15.5 Å². The van der Waals surface area contributed by atoms with Gasteiger partial charge in [-0.25, -0.2) is 4.79 Å². The summed E-state index contributed by atoms with van der Waals surface area (Å²) in [6, 6.07) is 6.47. The Labute approximate surface area is 184 Å². The lowest BCUT2D eigenvalue weighted by molar-refractivity contribution is 0.0808. The van der Waals surface area contributed by atoms with Gasteiger partial charge >= 0.3 is 6.03 Å². The first kappa shape index (κ1) is 23.3. The molecule has 1 saturated carbocycles. The Kier molecular flexibility index (Phi) is 8.97. The van der Waals surface area contributed by atoms with Crippen LogP contribution in [0.1, 0.15) is 55.3 Å². The van der Waals surface area contributed by atoms with Crippen LogP contribution in [0.25, 0.3) is 0 Å². The lowest BCUT2D eigenvalue weighted by atomic mass is 9.96. The topological polar surface area (TPSA) is 100 Å². The maximum absolute atomic E-state index is 12.8. The Hall–Kier alpha value is -2.32. The maximum Gasteiger partial charge on any atom is 0.317 e.